The molecule has 0 saturated heterocycles. The number of hydrogen-bond donors (Lipinski definition) is 1. The number of sulfonamides is 1. The highest BCUT2D eigenvalue weighted by molar-refractivity contribution is 7.92. The molecule has 1 aliphatic rings. The molecule has 0 unspecified atom stereocenters. The van der Waals surface area contributed by atoms with E-state index in [1.54, 1.807) is 7.11 Å². The lowest BCUT2D eigenvalue weighted by molar-refractivity contribution is 0.102. The van der Waals surface area contributed by atoms with Gasteiger partial charge >= 0.3 is 0 Å². The minimum Gasteiger partial charge on any atom is -0.497 e. The number of carbonyl (C=O) groups excluding carboxylic acids is 1. The molecule has 9 heteroatoms. The van der Waals surface area contributed by atoms with Crippen LogP contribution in [-0.4, -0.2) is 33.0 Å². The van der Waals surface area contributed by atoms with Gasteiger partial charge in [0.05, 0.1) is 27.9 Å². The molecule has 3 aromatic carbocycles. The third-order valence-electron chi connectivity index (χ3n) is 5.37. The quantitative estimate of drug-likeness (QED) is 0.475. The third-order valence-corrected chi connectivity index (χ3v) is 8.13. The van der Waals surface area contributed by atoms with E-state index in [1.807, 2.05) is 42.5 Å². The summed E-state index contributed by atoms with van der Waals surface area (Å²) in [6, 6.07) is 19.0. The van der Waals surface area contributed by atoms with Crippen LogP contribution in [0.1, 0.15) is 15.9 Å². The zero-order valence-electron chi connectivity index (χ0n) is 17.1. The largest absolute Gasteiger partial charge is 0.497 e. The Morgan fingerprint density at radius 1 is 1.09 bits per heavy atom. The summed E-state index contributed by atoms with van der Waals surface area (Å²) in [5.41, 5.74) is 2.84. The molecule has 1 aromatic heterocycles. The number of para-hydroxylation sites is 1. The first-order valence-corrected chi connectivity index (χ1v) is 12.2. The van der Waals surface area contributed by atoms with Crippen molar-refractivity contribution in [1.29, 1.82) is 0 Å². The zero-order valence-corrected chi connectivity index (χ0v) is 18.7. The van der Waals surface area contributed by atoms with E-state index in [2.05, 4.69) is 10.3 Å². The fourth-order valence-electron chi connectivity index (χ4n) is 3.72. The lowest BCUT2D eigenvalue weighted by Crippen LogP contribution is -2.29. The summed E-state index contributed by atoms with van der Waals surface area (Å²) in [6.07, 6.45) is 0.684. The van der Waals surface area contributed by atoms with Crippen LogP contribution in [-0.2, 0) is 16.4 Å². The Kier molecular flexibility index (Phi) is 5.07. The molecule has 0 saturated carbocycles. The highest BCUT2D eigenvalue weighted by atomic mass is 32.2. The van der Waals surface area contributed by atoms with E-state index < -0.39 is 10.0 Å². The maximum Gasteiger partial charge on any atom is 0.264 e. The van der Waals surface area contributed by atoms with Crippen molar-refractivity contribution >= 4 is 48.3 Å². The molecule has 1 aliphatic heterocycles. The van der Waals surface area contributed by atoms with E-state index in [-0.39, 0.29) is 10.8 Å². The second-order valence-corrected chi connectivity index (χ2v) is 10.2. The van der Waals surface area contributed by atoms with Gasteiger partial charge in [0.25, 0.3) is 15.9 Å². The zero-order chi connectivity index (χ0) is 22.3. The highest BCUT2D eigenvalue weighted by Crippen LogP contribution is 2.33. The van der Waals surface area contributed by atoms with Gasteiger partial charge in [0.2, 0.25) is 0 Å². The first-order chi connectivity index (χ1) is 15.5. The number of anilines is 2. The summed E-state index contributed by atoms with van der Waals surface area (Å²) in [4.78, 5) is 17.2. The molecule has 1 amide bonds. The smallest absolute Gasteiger partial charge is 0.264 e. The molecule has 0 spiro atoms. The summed E-state index contributed by atoms with van der Waals surface area (Å²) in [7, 11) is -2.10. The molecule has 0 fully saturated rings. The number of ether oxygens (including phenoxy) is 1. The summed E-state index contributed by atoms with van der Waals surface area (Å²) < 4.78 is 33.8. The van der Waals surface area contributed by atoms with Gasteiger partial charge in [-0.25, -0.2) is 13.4 Å². The Morgan fingerprint density at radius 2 is 1.88 bits per heavy atom. The molecule has 0 radical (unpaired) electrons. The van der Waals surface area contributed by atoms with Crippen LogP contribution in [0.5, 0.6) is 5.75 Å². The van der Waals surface area contributed by atoms with Crippen LogP contribution < -0.4 is 14.4 Å². The van der Waals surface area contributed by atoms with Crippen molar-refractivity contribution in [2.75, 3.05) is 23.3 Å². The number of aromatic nitrogens is 1. The molecule has 5 rings (SSSR count). The van der Waals surface area contributed by atoms with Crippen LogP contribution in [0.3, 0.4) is 0 Å². The van der Waals surface area contributed by atoms with Crippen molar-refractivity contribution < 1.29 is 17.9 Å². The van der Waals surface area contributed by atoms with Crippen molar-refractivity contribution in [2.24, 2.45) is 0 Å². The van der Waals surface area contributed by atoms with Crippen LogP contribution >= 0.6 is 11.3 Å². The Bertz CT molecular complexity index is 1430. The molecule has 0 atom stereocenters. The van der Waals surface area contributed by atoms with E-state index in [1.165, 1.54) is 39.9 Å². The van der Waals surface area contributed by atoms with Crippen LogP contribution in [0.2, 0.25) is 0 Å². The Balaban J connectivity index is 1.35. The Hall–Kier alpha value is -3.43. The standard InChI is InChI=1S/C23H19N3O4S2/c1-30-17-8-11-19-21(14-17)31-23(24-19)25-22(27)16-6-9-18(10-7-16)32(28,29)26-13-12-15-4-2-3-5-20(15)26/h2-11,14H,12-13H2,1H3,(H,24,25,27). The molecule has 2 heterocycles. The van der Waals surface area contributed by atoms with E-state index in [9.17, 15) is 13.2 Å². The molecule has 7 nitrogen and oxygen atoms in total. The molecular weight excluding hydrogens is 446 g/mol. The van der Waals surface area contributed by atoms with Crippen molar-refractivity contribution in [1.82, 2.24) is 4.98 Å². The van der Waals surface area contributed by atoms with Gasteiger partial charge in [-0.2, -0.15) is 0 Å². The molecule has 1 N–H and O–H groups in total. The number of fused-ring (bicyclic) bond motifs is 2. The number of hydrogen-bond acceptors (Lipinski definition) is 6. The monoisotopic (exact) mass is 465 g/mol. The minimum atomic E-state index is -3.70. The second kappa shape index (κ2) is 7.92. The van der Waals surface area contributed by atoms with E-state index in [4.69, 9.17) is 4.74 Å². The van der Waals surface area contributed by atoms with Crippen molar-refractivity contribution in [2.45, 2.75) is 11.3 Å². The van der Waals surface area contributed by atoms with Crippen LogP contribution in [0.25, 0.3) is 10.2 Å². The van der Waals surface area contributed by atoms with Gasteiger partial charge < -0.3 is 4.74 Å². The number of carbonyl (C=O) groups is 1. The molecule has 4 aromatic rings. The van der Waals surface area contributed by atoms with Crippen molar-refractivity contribution in [3.63, 3.8) is 0 Å². The summed E-state index contributed by atoms with van der Waals surface area (Å²) >= 11 is 1.34. The number of methoxy groups -OCH3 is 1. The minimum absolute atomic E-state index is 0.151. The number of amides is 1. The lowest BCUT2D eigenvalue weighted by atomic mass is 10.2. The van der Waals surface area contributed by atoms with Crippen molar-refractivity contribution in [3.8, 4) is 5.75 Å². The molecule has 0 aliphatic carbocycles. The van der Waals surface area contributed by atoms with Gasteiger partial charge in [0.15, 0.2) is 5.13 Å². The predicted octanol–water partition coefficient (Wildman–Crippen LogP) is 4.31. The van der Waals surface area contributed by atoms with Gasteiger partial charge in [-0.3, -0.25) is 14.4 Å². The Labute approximate surface area is 189 Å². The van der Waals surface area contributed by atoms with Gasteiger partial charge in [0.1, 0.15) is 5.75 Å². The first kappa shape index (κ1) is 20.5. The normalized spacial score (nSPS) is 13.2. The SMILES string of the molecule is COc1ccc2nc(NC(=O)c3ccc(S(=O)(=O)N4CCc5ccccc54)cc3)sc2c1. The van der Waals surface area contributed by atoms with Gasteiger partial charge in [-0.15, -0.1) is 0 Å². The number of thiazole rings is 1. The van der Waals surface area contributed by atoms with E-state index in [0.717, 1.165) is 21.5 Å². The Morgan fingerprint density at radius 3 is 2.66 bits per heavy atom. The highest BCUT2D eigenvalue weighted by Gasteiger charge is 2.30. The predicted molar refractivity (Wildman–Crippen MR) is 125 cm³/mol. The molecule has 32 heavy (non-hydrogen) atoms. The summed E-state index contributed by atoms with van der Waals surface area (Å²) in [5.74, 6) is 0.364. The van der Waals surface area contributed by atoms with Gasteiger partial charge in [-0.05, 0) is 60.5 Å². The molecule has 0 bridgehead atoms. The third kappa shape index (κ3) is 3.59. The fourth-order valence-corrected chi connectivity index (χ4v) is 6.11. The van der Waals surface area contributed by atoms with Crippen molar-refractivity contribution in [3.05, 3.63) is 77.9 Å². The first-order valence-electron chi connectivity index (χ1n) is 9.92. The number of rotatable bonds is 5. The van der Waals surface area contributed by atoms with Crippen LogP contribution in [0.15, 0.2) is 71.6 Å². The lowest BCUT2D eigenvalue weighted by Gasteiger charge is -2.19. The maximum atomic E-state index is 13.1. The maximum absolute atomic E-state index is 13.1. The number of nitrogens with zero attached hydrogens (tertiary/aromatic N) is 2. The second-order valence-electron chi connectivity index (χ2n) is 7.29. The van der Waals surface area contributed by atoms with Gasteiger partial charge in [-0.1, -0.05) is 29.5 Å². The molecule has 162 valence electrons. The average molecular weight is 466 g/mol. The number of benzene rings is 3. The summed E-state index contributed by atoms with van der Waals surface area (Å²) in [6.45, 7) is 0.409. The topological polar surface area (TPSA) is 88.6 Å². The molecular formula is C23H19N3O4S2. The fraction of sp³-hybridized carbons (Fsp3) is 0.130. The number of nitrogens with one attached hydrogen (secondary N) is 1. The van der Waals surface area contributed by atoms with Crippen LogP contribution in [0.4, 0.5) is 10.8 Å². The van der Waals surface area contributed by atoms with E-state index >= 15 is 0 Å². The summed E-state index contributed by atoms with van der Waals surface area (Å²) in [5, 5.41) is 3.24. The van der Waals surface area contributed by atoms with Crippen LogP contribution in [0, 0.1) is 0 Å². The van der Waals surface area contributed by atoms with E-state index in [0.29, 0.717) is 29.3 Å². The average Bonchev–Trinajstić information content (AvgIpc) is 3.42. The van der Waals surface area contributed by atoms with Gasteiger partial charge in [0, 0.05) is 12.1 Å².